The standard InChI is InChI=1S/C17H28N2O2/c1-16(2,3)13-9-12(11-19-18-7-8-20)10-14(15(13)21)17(4,5)6/h9-11,18,20-21H,7-8H2,1-6H3. The fraction of sp³-hybridized carbons (Fsp3) is 0.588. The lowest BCUT2D eigenvalue weighted by atomic mass is 9.78. The number of phenolic OH excluding ortho intramolecular Hbond substituents is 1. The van der Waals surface area contributed by atoms with E-state index in [1.54, 1.807) is 6.21 Å². The van der Waals surface area contributed by atoms with Crippen LogP contribution in [0.25, 0.3) is 0 Å². The molecule has 0 aliphatic heterocycles. The highest BCUT2D eigenvalue weighted by atomic mass is 16.3. The molecule has 1 rings (SSSR count). The molecule has 0 radical (unpaired) electrons. The van der Waals surface area contributed by atoms with E-state index < -0.39 is 0 Å². The summed E-state index contributed by atoms with van der Waals surface area (Å²) in [5, 5.41) is 23.4. The molecule has 0 bridgehead atoms. The Hall–Kier alpha value is -1.55. The third-order valence-corrected chi connectivity index (χ3v) is 3.28. The minimum absolute atomic E-state index is 0.0490. The summed E-state index contributed by atoms with van der Waals surface area (Å²) in [6, 6.07) is 3.93. The molecule has 118 valence electrons. The number of phenols is 1. The first-order valence-electron chi connectivity index (χ1n) is 7.32. The van der Waals surface area contributed by atoms with Crippen molar-refractivity contribution in [3.05, 3.63) is 28.8 Å². The zero-order valence-corrected chi connectivity index (χ0v) is 14.0. The molecule has 1 aromatic carbocycles. The van der Waals surface area contributed by atoms with Gasteiger partial charge >= 0.3 is 0 Å². The molecule has 0 heterocycles. The van der Waals surface area contributed by atoms with Crippen molar-refractivity contribution in [2.45, 2.75) is 52.4 Å². The minimum atomic E-state index is -0.146. The van der Waals surface area contributed by atoms with Crippen LogP contribution in [-0.4, -0.2) is 29.6 Å². The lowest BCUT2D eigenvalue weighted by molar-refractivity contribution is 0.294. The van der Waals surface area contributed by atoms with Gasteiger partial charge < -0.3 is 15.6 Å². The molecule has 3 N–H and O–H groups in total. The third kappa shape index (κ3) is 4.74. The molecule has 0 aliphatic rings. The number of hydrogen-bond donors (Lipinski definition) is 3. The van der Waals surface area contributed by atoms with Gasteiger partial charge in [-0.05, 0) is 28.5 Å². The molecule has 0 unspecified atom stereocenters. The van der Waals surface area contributed by atoms with Crippen molar-refractivity contribution >= 4 is 6.21 Å². The van der Waals surface area contributed by atoms with Crippen molar-refractivity contribution in [1.29, 1.82) is 0 Å². The molecule has 0 aromatic heterocycles. The van der Waals surface area contributed by atoms with Gasteiger partial charge in [-0.1, -0.05) is 41.5 Å². The van der Waals surface area contributed by atoms with Crippen LogP contribution in [0.2, 0.25) is 0 Å². The number of nitrogens with zero attached hydrogens (tertiary/aromatic N) is 1. The molecule has 0 spiro atoms. The van der Waals surface area contributed by atoms with Crippen LogP contribution in [0.1, 0.15) is 58.2 Å². The van der Waals surface area contributed by atoms with E-state index in [-0.39, 0.29) is 17.4 Å². The quantitative estimate of drug-likeness (QED) is 0.454. The molecule has 1 aromatic rings. The van der Waals surface area contributed by atoms with Gasteiger partial charge in [0, 0.05) is 11.1 Å². The topological polar surface area (TPSA) is 64.9 Å². The molecule has 0 amide bonds. The number of aliphatic hydroxyl groups excluding tert-OH is 1. The fourth-order valence-corrected chi connectivity index (χ4v) is 2.11. The van der Waals surface area contributed by atoms with Gasteiger partial charge in [-0.3, -0.25) is 0 Å². The molecular formula is C17H28N2O2. The predicted molar refractivity (Wildman–Crippen MR) is 88.2 cm³/mol. The second kappa shape index (κ2) is 6.48. The summed E-state index contributed by atoms with van der Waals surface area (Å²) in [6.45, 7) is 13.0. The van der Waals surface area contributed by atoms with Gasteiger partial charge in [-0.25, -0.2) is 0 Å². The van der Waals surface area contributed by atoms with Crippen LogP contribution in [0.5, 0.6) is 5.75 Å². The van der Waals surface area contributed by atoms with Crippen molar-refractivity contribution in [3.63, 3.8) is 0 Å². The van der Waals surface area contributed by atoms with Crippen LogP contribution in [-0.2, 0) is 10.8 Å². The Labute approximate surface area is 127 Å². The van der Waals surface area contributed by atoms with Crippen LogP contribution in [0.4, 0.5) is 0 Å². The molecule has 21 heavy (non-hydrogen) atoms. The predicted octanol–water partition coefficient (Wildman–Crippen LogP) is 2.90. The summed E-state index contributed by atoms with van der Waals surface area (Å²) in [7, 11) is 0. The van der Waals surface area contributed by atoms with Gasteiger partial charge in [0.2, 0.25) is 0 Å². The third-order valence-electron chi connectivity index (χ3n) is 3.28. The Kier molecular flexibility index (Phi) is 5.40. The van der Waals surface area contributed by atoms with Gasteiger partial charge in [-0.15, -0.1) is 0 Å². The van der Waals surface area contributed by atoms with E-state index in [1.165, 1.54) is 0 Å². The van der Waals surface area contributed by atoms with E-state index in [9.17, 15) is 5.11 Å². The lowest BCUT2D eigenvalue weighted by Crippen LogP contribution is -2.18. The van der Waals surface area contributed by atoms with Crippen LogP contribution >= 0.6 is 0 Å². The Morgan fingerprint density at radius 1 is 1.05 bits per heavy atom. The molecule has 0 fully saturated rings. The van der Waals surface area contributed by atoms with E-state index in [0.717, 1.165) is 16.7 Å². The summed E-state index contributed by atoms with van der Waals surface area (Å²) in [5.41, 5.74) is 5.25. The summed E-state index contributed by atoms with van der Waals surface area (Å²) in [6.07, 6.45) is 1.72. The van der Waals surface area contributed by atoms with Crippen molar-refractivity contribution in [1.82, 2.24) is 5.43 Å². The number of aromatic hydroxyl groups is 1. The second-order valence-electron chi connectivity index (χ2n) is 7.35. The van der Waals surface area contributed by atoms with E-state index in [1.807, 2.05) is 12.1 Å². The second-order valence-corrected chi connectivity index (χ2v) is 7.35. The SMILES string of the molecule is CC(C)(C)c1cc(C=NNCCO)cc(C(C)(C)C)c1O. The number of rotatable bonds is 4. The van der Waals surface area contributed by atoms with Crippen molar-refractivity contribution in [3.8, 4) is 5.75 Å². The fourth-order valence-electron chi connectivity index (χ4n) is 2.11. The maximum absolute atomic E-state index is 10.6. The number of hydrogen-bond acceptors (Lipinski definition) is 4. The maximum atomic E-state index is 10.6. The Bertz CT molecular complexity index is 473. The van der Waals surface area contributed by atoms with Crippen LogP contribution in [0.3, 0.4) is 0 Å². The van der Waals surface area contributed by atoms with Gasteiger partial charge in [0.15, 0.2) is 0 Å². The highest BCUT2D eigenvalue weighted by Crippen LogP contribution is 2.39. The van der Waals surface area contributed by atoms with E-state index in [4.69, 9.17) is 5.11 Å². The van der Waals surface area contributed by atoms with E-state index in [2.05, 4.69) is 52.1 Å². The molecule has 4 nitrogen and oxygen atoms in total. The van der Waals surface area contributed by atoms with E-state index >= 15 is 0 Å². The Morgan fingerprint density at radius 3 is 1.90 bits per heavy atom. The Balaban J connectivity index is 3.31. The average molecular weight is 292 g/mol. The maximum Gasteiger partial charge on any atom is 0.123 e. The van der Waals surface area contributed by atoms with Crippen LogP contribution < -0.4 is 5.43 Å². The molecular weight excluding hydrogens is 264 g/mol. The number of benzene rings is 1. The first-order valence-corrected chi connectivity index (χ1v) is 7.32. The van der Waals surface area contributed by atoms with Gasteiger partial charge in [0.05, 0.1) is 19.4 Å². The first kappa shape index (κ1) is 17.5. The monoisotopic (exact) mass is 292 g/mol. The minimum Gasteiger partial charge on any atom is -0.507 e. The normalized spacial score (nSPS) is 12.9. The molecule has 0 aliphatic carbocycles. The molecule has 4 heteroatoms. The zero-order valence-electron chi connectivity index (χ0n) is 14.0. The molecule has 0 saturated carbocycles. The largest absolute Gasteiger partial charge is 0.507 e. The smallest absolute Gasteiger partial charge is 0.123 e. The average Bonchev–Trinajstić information content (AvgIpc) is 2.33. The Morgan fingerprint density at radius 2 is 1.52 bits per heavy atom. The summed E-state index contributed by atoms with van der Waals surface area (Å²) in [5.74, 6) is 0.371. The summed E-state index contributed by atoms with van der Waals surface area (Å²) < 4.78 is 0. The highest BCUT2D eigenvalue weighted by Gasteiger charge is 2.26. The van der Waals surface area contributed by atoms with Crippen molar-refractivity contribution in [2.24, 2.45) is 5.10 Å². The van der Waals surface area contributed by atoms with E-state index in [0.29, 0.717) is 12.3 Å². The summed E-state index contributed by atoms with van der Waals surface area (Å²) in [4.78, 5) is 0. The van der Waals surface area contributed by atoms with Gasteiger partial charge in [-0.2, -0.15) is 5.10 Å². The summed E-state index contributed by atoms with van der Waals surface area (Å²) >= 11 is 0. The van der Waals surface area contributed by atoms with Gasteiger partial charge in [0.1, 0.15) is 5.75 Å². The molecule has 0 atom stereocenters. The van der Waals surface area contributed by atoms with Crippen LogP contribution in [0, 0.1) is 0 Å². The zero-order chi connectivity index (χ0) is 16.3. The van der Waals surface area contributed by atoms with Crippen molar-refractivity contribution < 1.29 is 10.2 Å². The first-order chi connectivity index (χ1) is 9.57. The number of aliphatic hydroxyl groups is 1. The van der Waals surface area contributed by atoms with Gasteiger partial charge in [0.25, 0.3) is 0 Å². The van der Waals surface area contributed by atoms with Crippen LogP contribution in [0.15, 0.2) is 17.2 Å². The number of hydrazone groups is 1. The van der Waals surface area contributed by atoms with Crippen molar-refractivity contribution in [2.75, 3.05) is 13.2 Å². The molecule has 0 saturated heterocycles. The lowest BCUT2D eigenvalue weighted by Gasteiger charge is -2.27. The highest BCUT2D eigenvalue weighted by molar-refractivity contribution is 5.81. The number of nitrogens with one attached hydrogen (secondary N) is 1.